The molecule has 0 saturated heterocycles. The molecule has 3 aromatic heterocycles. The number of aryl methyl sites for hydroxylation is 1. The number of hydrogen-bond acceptors (Lipinski definition) is 5. The van der Waals surface area contributed by atoms with E-state index in [1.165, 1.54) is 11.4 Å². The van der Waals surface area contributed by atoms with Crippen LogP contribution in [0.3, 0.4) is 0 Å². The normalized spacial score (nSPS) is 11.7. The summed E-state index contributed by atoms with van der Waals surface area (Å²) in [4.78, 5) is 21.2. The third-order valence-corrected chi connectivity index (χ3v) is 8.71. The predicted molar refractivity (Wildman–Crippen MR) is 169 cm³/mol. The minimum atomic E-state index is -3.68. The Labute approximate surface area is 248 Å². The zero-order valence-electron chi connectivity index (χ0n) is 23.3. The number of halogens is 1. The Morgan fingerprint density at radius 2 is 1.74 bits per heavy atom. The number of nitrogens with one attached hydrogen (secondary N) is 2. The van der Waals surface area contributed by atoms with Gasteiger partial charge in [0, 0.05) is 58.8 Å². The van der Waals surface area contributed by atoms with E-state index in [9.17, 15) is 13.2 Å². The lowest BCUT2D eigenvalue weighted by Gasteiger charge is -2.20. The van der Waals surface area contributed by atoms with Crippen molar-refractivity contribution >= 4 is 55.1 Å². The molecule has 1 amide bonds. The standard InChI is InChI=1S/C32H27ClN4O4S/c1-18-9-11-19(12-10-18)31-30(32(38)34-2)23-16-22(27(17-28(23)41-31)37(3)42(4,39)40)26-14-21(15-29(33)36-26)25-13-20-7-5-6-8-24(20)35-25/h5-17,35H,1-4H3,(H,34,38). The van der Waals surface area contributed by atoms with Gasteiger partial charge >= 0.3 is 0 Å². The molecular formula is C32H27ClN4O4S. The molecule has 0 fully saturated rings. The number of furan rings is 1. The van der Waals surface area contributed by atoms with Crippen LogP contribution in [0, 0.1) is 6.92 Å². The highest BCUT2D eigenvalue weighted by molar-refractivity contribution is 7.92. The maximum atomic E-state index is 13.2. The molecule has 0 aliphatic rings. The summed E-state index contributed by atoms with van der Waals surface area (Å²) >= 11 is 6.55. The van der Waals surface area contributed by atoms with Crippen molar-refractivity contribution in [2.75, 3.05) is 24.7 Å². The number of amides is 1. The number of carbonyl (C=O) groups is 1. The van der Waals surface area contributed by atoms with Gasteiger partial charge in [-0.25, -0.2) is 13.4 Å². The van der Waals surface area contributed by atoms with E-state index in [0.29, 0.717) is 39.2 Å². The Morgan fingerprint density at radius 1 is 1.00 bits per heavy atom. The van der Waals surface area contributed by atoms with Crippen molar-refractivity contribution in [2.24, 2.45) is 0 Å². The van der Waals surface area contributed by atoms with Gasteiger partial charge in [-0.2, -0.15) is 0 Å². The van der Waals surface area contributed by atoms with Gasteiger partial charge in [0.2, 0.25) is 10.0 Å². The Kier molecular flexibility index (Phi) is 6.79. The molecule has 3 heterocycles. The molecule has 0 bridgehead atoms. The molecule has 3 aromatic carbocycles. The fraction of sp³-hybridized carbons (Fsp3) is 0.125. The summed E-state index contributed by atoms with van der Waals surface area (Å²) in [6, 6.07) is 24.5. The number of aromatic nitrogens is 2. The summed E-state index contributed by atoms with van der Waals surface area (Å²) in [5.74, 6) is 0.0459. The highest BCUT2D eigenvalue weighted by Gasteiger charge is 2.26. The minimum Gasteiger partial charge on any atom is -0.455 e. The van der Waals surface area contributed by atoms with Crippen LogP contribution in [-0.4, -0.2) is 44.6 Å². The molecule has 8 nitrogen and oxygen atoms in total. The number of anilines is 1. The number of para-hydroxylation sites is 1. The van der Waals surface area contributed by atoms with Crippen molar-refractivity contribution in [3.63, 3.8) is 0 Å². The average Bonchev–Trinajstić information content (AvgIpc) is 3.57. The zero-order chi connectivity index (χ0) is 29.8. The minimum absolute atomic E-state index is 0.230. The van der Waals surface area contributed by atoms with Crippen LogP contribution in [0.1, 0.15) is 15.9 Å². The number of fused-ring (bicyclic) bond motifs is 2. The van der Waals surface area contributed by atoms with Gasteiger partial charge in [-0.05, 0) is 37.3 Å². The van der Waals surface area contributed by atoms with Crippen molar-refractivity contribution < 1.29 is 17.6 Å². The van der Waals surface area contributed by atoms with E-state index in [1.54, 1.807) is 25.2 Å². The van der Waals surface area contributed by atoms with Gasteiger partial charge in [0.15, 0.2) is 0 Å². The van der Waals surface area contributed by atoms with E-state index >= 15 is 0 Å². The largest absolute Gasteiger partial charge is 0.455 e. The summed E-state index contributed by atoms with van der Waals surface area (Å²) in [7, 11) is -0.662. The van der Waals surface area contributed by atoms with Gasteiger partial charge < -0.3 is 14.7 Å². The Balaban J connectivity index is 1.63. The Hall–Kier alpha value is -4.60. The van der Waals surface area contributed by atoms with E-state index in [-0.39, 0.29) is 11.1 Å². The molecule has 212 valence electrons. The second-order valence-corrected chi connectivity index (χ2v) is 12.6. The van der Waals surface area contributed by atoms with Crippen LogP contribution in [-0.2, 0) is 10.0 Å². The molecule has 2 N–H and O–H groups in total. The SMILES string of the molecule is CNC(=O)c1c(-c2ccc(C)cc2)oc2cc(N(C)S(C)(=O)=O)c(-c3cc(-c4cc5ccccc5[nH]4)cc(Cl)n3)cc12. The molecule has 0 atom stereocenters. The topological polar surface area (TPSA) is 108 Å². The number of pyridine rings is 1. The van der Waals surface area contributed by atoms with Crippen LogP contribution in [0.4, 0.5) is 5.69 Å². The number of carbonyl (C=O) groups excluding carboxylic acids is 1. The van der Waals surface area contributed by atoms with Gasteiger partial charge in [-0.1, -0.05) is 59.6 Å². The first-order valence-electron chi connectivity index (χ1n) is 13.1. The second kappa shape index (κ2) is 10.3. The summed E-state index contributed by atoms with van der Waals surface area (Å²) in [5.41, 5.74) is 6.28. The zero-order valence-corrected chi connectivity index (χ0v) is 24.9. The van der Waals surface area contributed by atoms with Crippen molar-refractivity contribution in [3.8, 4) is 33.8 Å². The lowest BCUT2D eigenvalue weighted by molar-refractivity contribution is 0.0964. The molecule has 6 rings (SSSR count). The fourth-order valence-electron chi connectivity index (χ4n) is 5.05. The number of sulfonamides is 1. The molecule has 0 unspecified atom stereocenters. The number of H-pyrrole nitrogens is 1. The molecule has 0 aliphatic carbocycles. The predicted octanol–water partition coefficient (Wildman–Crippen LogP) is 7.03. The van der Waals surface area contributed by atoms with Gasteiger partial charge in [0.25, 0.3) is 5.91 Å². The van der Waals surface area contributed by atoms with E-state index in [4.69, 9.17) is 16.0 Å². The van der Waals surface area contributed by atoms with Crippen LogP contribution in [0.15, 0.2) is 83.3 Å². The number of benzene rings is 3. The van der Waals surface area contributed by atoms with Crippen molar-refractivity contribution in [2.45, 2.75) is 6.92 Å². The lowest BCUT2D eigenvalue weighted by atomic mass is 9.99. The van der Waals surface area contributed by atoms with E-state index in [1.807, 2.05) is 67.6 Å². The maximum absolute atomic E-state index is 13.2. The quantitative estimate of drug-likeness (QED) is 0.200. The second-order valence-electron chi connectivity index (χ2n) is 10.2. The third-order valence-electron chi connectivity index (χ3n) is 7.32. The molecule has 0 radical (unpaired) electrons. The van der Waals surface area contributed by atoms with Gasteiger partial charge in [-0.3, -0.25) is 9.10 Å². The number of hydrogen-bond donors (Lipinski definition) is 2. The van der Waals surface area contributed by atoms with Crippen molar-refractivity contribution in [3.05, 3.63) is 95.1 Å². The first-order chi connectivity index (χ1) is 20.0. The van der Waals surface area contributed by atoms with E-state index in [2.05, 4.69) is 15.3 Å². The summed E-state index contributed by atoms with van der Waals surface area (Å²) in [5, 5.41) is 4.49. The number of rotatable bonds is 6. The Bertz CT molecular complexity index is 2080. The van der Waals surface area contributed by atoms with Crippen LogP contribution < -0.4 is 9.62 Å². The maximum Gasteiger partial charge on any atom is 0.255 e. The molecule has 6 aromatic rings. The van der Waals surface area contributed by atoms with E-state index < -0.39 is 10.0 Å². The fourth-order valence-corrected chi connectivity index (χ4v) is 5.77. The summed E-state index contributed by atoms with van der Waals surface area (Å²) < 4.78 is 33.0. The average molecular weight is 599 g/mol. The molecule has 0 spiro atoms. The first-order valence-corrected chi connectivity index (χ1v) is 15.4. The summed E-state index contributed by atoms with van der Waals surface area (Å²) in [6.45, 7) is 1.98. The van der Waals surface area contributed by atoms with Gasteiger partial charge in [-0.15, -0.1) is 0 Å². The first kappa shape index (κ1) is 27.6. The van der Waals surface area contributed by atoms with Crippen molar-refractivity contribution in [1.82, 2.24) is 15.3 Å². The van der Waals surface area contributed by atoms with Crippen LogP contribution in [0.2, 0.25) is 5.15 Å². The highest BCUT2D eigenvalue weighted by Crippen LogP contribution is 2.42. The van der Waals surface area contributed by atoms with Gasteiger partial charge in [0.05, 0.1) is 23.2 Å². The summed E-state index contributed by atoms with van der Waals surface area (Å²) in [6.07, 6.45) is 1.12. The van der Waals surface area contributed by atoms with Crippen LogP contribution >= 0.6 is 11.6 Å². The molecule has 10 heteroatoms. The number of nitrogens with zero attached hydrogens (tertiary/aromatic N) is 2. The Morgan fingerprint density at radius 3 is 2.43 bits per heavy atom. The monoisotopic (exact) mass is 598 g/mol. The molecular weight excluding hydrogens is 572 g/mol. The molecule has 42 heavy (non-hydrogen) atoms. The van der Waals surface area contributed by atoms with Crippen LogP contribution in [0.25, 0.3) is 55.7 Å². The lowest BCUT2D eigenvalue weighted by Crippen LogP contribution is -2.25. The molecule has 0 saturated carbocycles. The van der Waals surface area contributed by atoms with Crippen LogP contribution in [0.5, 0.6) is 0 Å². The molecule has 0 aliphatic heterocycles. The van der Waals surface area contributed by atoms with E-state index in [0.717, 1.165) is 39.5 Å². The highest BCUT2D eigenvalue weighted by atomic mass is 35.5. The smallest absolute Gasteiger partial charge is 0.255 e. The third kappa shape index (κ3) is 4.91. The number of aromatic amines is 1. The van der Waals surface area contributed by atoms with Gasteiger partial charge in [0.1, 0.15) is 16.5 Å². The van der Waals surface area contributed by atoms with Crippen molar-refractivity contribution in [1.29, 1.82) is 0 Å².